The van der Waals surface area contributed by atoms with Gasteiger partial charge in [-0.2, -0.15) is 5.10 Å². The van der Waals surface area contributed by atoms with Gasteiger partial charge in [-0.15, -0.1) is 0 Å². The maximum Gasteiger partial charge on any atom is 0.358 e. The Morgan fingerprint density at radius 2 is 2.28 bits per heavy atom. The number of rotatable bonds is 4. The molecular formula is C13H15N3O2. The summed E-state index contributed by atoms with van der Waals surface area (Å²) in [6.07, 6.45) is 2.50. The molecule has 2 rings (SSSR count). The van der Waals surface area contributed by atoms with Crippen molar-refractivity contribution in [2.75, 3.05) is 12.3 Å². The second kappa shape index (κ2) is 5.35. The third-order valence-corrected chi connectivity index (χ3v) is 2.37. The Hall–Kier alpha value is -2.30. The molecule has 0 saturated heterocycles. The van der Waals surface area contributed by atoms with Crippen LogP contribution in [0.3, 0.4) is 0 Å². The Morgan fingerprint density at radius 3 is 3.00 bits per heavy atom. The summed E-state index contributed by atoms with van der Waals surface area (Å²) in [5.41, 5.74) is 7.45. The van der Waals surface area contributed by atoms with E-state index in [0.717, 1.165) is 12.1 Å². The lowest BCUT2D eigenvalue weighted by Gasteiger charge is -2.02. The molecule has 0 bridgehead atoms. The molecule has 18 heavy (non-hydrogen) atoms. The van der Waals surface area contributed by atoms with E-state index in [1.165, 1.54) is 0 Å². The molecule has 0 amide bonds. The van der Waals surface area contributed by atoms with Crippen LogP contribution in [-0.4, -0.2) is 22.4 Å². The van der Waals surface area contributed by atoms with Crippen molar-refractivity contribution in [1.29, 1.82) is 0 Å². The first-order valence-corrected chi connectivity index (χ1v) is 5.79. The van der Waals surface area contributed by atoms with E-state index in [2.05, 4.69) is 5.10 Å². The van der Waals surface area contributed by atoms with E-state index in [1.54, 1.807) is 29.1 Å². The van der Waals surface area contributed by atoms with E-state index in [-0.39, 0.29) is 0 Å². The van der Waals surface area contributed by atoms with Crippen LogP contribution in [0.4, 0.5) is 5.69 Å². The molecule has 1 aromatic heterocycles. The summed E-state index contributed by atoms with van der Waals surface area (Å²) >= 11 is 0. The fourth-order valence-corrected chi connectivity index (χ4v) is 1.51. The average Bonchev–Trinajstić information content (AvgIpc) is 2.85. The average molecular weight is 245 g/mol. The first-order valence-electron chi connectivity index (χ1n) is 5.79. The first-order chi connectivity index (χ1) is 8.70. The van der Waals surface area contributed by atoms with Crippen LogP contribution in [0.25, 0.3) is 5.69 Å². The van der Waals surface area contributed by atoms with E-state index < -0.39 is 5.97 Å². The lowest BCUT2D eigenvalue weighted by Crippen LogP contribution is -2.07. The van der Waals surface area contributed by atoms with Crippen molar-refractivity contribution in [1.82, 2.24) is 9.78 Å². The van der Waals surface area contributed by atoms with E-state index >= 15 is 0 Å². The highest BCUT2D eigenvalue weighted by Crippen LogP contribution is 2.12. The zero-order chi connectivity index (χ0) is 13.0. The maximum atomic E-state index is 11.6. The van der Waals surface area contributed by atoms with Crippen LogP contribution < -0.4 is 5.73 Å². The minimum atomic E-state index is -0.403. The van der Waals surface area contributed by atoms with Gasteiger partial charge in [-0.25, -0.2) is 9.48 Å². The summed E-state index contributed by atoms with van der Waals surface area (Å²) in [7, 11) is 0. The summed E-state index contributed by atoms with van der Waals surface area (Å²) in [6.45, 7) is 2.35. The molecule has 0 aliphatic carbocycles. The topological polar surface area (TPSA) is 70.1 Å². The second-order valence-corrected chi connectivity index (χ2v) is 3.88. The number of ether oxygens (including phenoxy) is 1. The fraction of sp³-hybridized carbons (Fsp3) is 0.231. The van der Waals surface area contributed by atoms with Crippen molar-refractivity contribution >= 4 is 11.7 Å². The van der Waals surface area contributed by atoms with E-state index in [4.69, 9.17) is 10.5 Å². The van der Waals surface area contributed by atoms with Crippen LogP contribution in [-0.2, 0) is 4.74 Å². The van der Waals surface area contributed by atoms with Gasteiger partial charge in [0, 0.05) is 11.9 Å². The first kappa shape index (κ1) is 12.2. The van der Waals surface area contributed by atoms with Crippen molar-refractivity contribution < 1.29 is 9.53 Å². The van der Waals surface area contributed by atoms with Crippen molar-refractivity contribution in [2.24, 2.45) is 0 Å². The van der Waals surface area contributed by atoms with Gasteiger partial charge in [0.25, 0.3) is 0 Å². The highest BCUT2D eigenvalue weighted by Gasteiger charge is 2.11. The summed E-state index contributed by atoms with van der Waals surface area (Å²) < 4.78 is 6.61. The molecule has 1 heterocycles. The van der Waals surface area contributed by atoms with Gasteiger partial charge < -0.3 is 10.5 Å². The summed E-state index contributed by atoms with van der Waals surface area (Å²) in [5, 5.41) is 4.16. The number of carbonyl (C=O) groups is 1. The number of hydrogen-bond donors (Lipinski definition) is 1. The van der Waals surface area contributed by atoms with Crippen LogP contribution in [0, 0.1) is 0 Å². The summed E-state index contributed by atoms with van der Waals surface area (Å²) in [4.78, 5) is 11.6. The minimum Gasteiger partial charge on any atom is -0.461 e. The predicted octanol–water partition coefficient (Wildman–Crippen LogP) is 2.02. The third-order valence-electron chi connectivity index (χ3n) is 2.37. The molecular weight excluding hydrogens is 230 g/mol. The Kier molecular flexibility index (Phi) is 3.62. The smallest absolute Gasteiger partial charge is 0.358 e. The Bertz CT molecular complexity index is 549. The van der Waals surface area contributed by atoms with E-state index in [9.17, 15) is 4.79 Å². The molecule has 0 aliphatic heterocycles. The molecule has 2 aromatic rings. The molecule has 2 N–H and O–H groups in total. The number of nitrogens with zero attached hydrogens (tertiary/aromatic N) is 2. The molecule has 1 aromatic carbocycles. The molecule has 94 valence electrons. The standard InChI is InChI=1S/C13H15N3O2/c1-2-8-18-13(17)12-6-7-16(15-12)11-5-3-4-10(14)9-11/h3-7,9H,2,8,14H2,1H3. The molecule has 0 radical (unpaired) electrons. The summed E-state index contributed by atoms with van der Waals surface area (Å²) in [5.74, 6) is -0.403. The SMILES string of the molecule is CCCOC(=O)c1ccn(-c2cccc(N)c2)n1. The zero-order valence-corrected chi connectivity index (χ0v) is 10.2. The monoisotopic (exact) mass is 245 g/mol. The molecule has 0 saturated carbocycles. The van der Waals surface area contributed by atoms with Crippen molar-refractivity contribution in [3.8, 4) is 5.69 Å². The highest BCUT2D eigenvalue weighted by atomic mass is 16.5. The van der Waals surface area contributed by atoms with Crippen LogP contribution in [0.1, 0.15) is 23.8 Å². The Labute approximate surface area is 105 Å². The largest absolute Gasteiger partial charge is 0.461 e. The van der Waals surface area contributed by atoms with Crippen LogP contribution in [0.2, 0.25) is 0 Å². The third kappa shape index (κ3) is 2.68. The van der Waals surface area contributed by atoms with Gasteiger partial charge in [-0.05, 0) is 30.7 Å². The number of nitrogen functional groups attached to an aromatic ring is 1. The van der Waals surface area contributed by atoms with Gasteiger partial charge in [0.15, 0.2) is 5.69 Å². The van der Waals surface area contributed by atoms with Crippen molar-refractivity contribution in [2.45, 2.75) is 13.3 Å². The molecule has 0 unspecified atom stereocenters. The molecule has 0 spiro atoms. The van der Waals surface area contributed by atoms with Gasteiger partial charge in [0.2, 0.25) is 0 Å². The molecule has 0 atom stereocenters. The lowest BCUT2D eigenvalue weighted by atomic mass is 10.3. The van der Waals surface area contributed by atoms with Gasteiger partial charge >= 0.3 is 5.97 Å². The number of hydrogen-bond acceptors (Lipinski definition) is 4. The van der Waals surface area contributed by atoms with E-state index in [0.29, 0.717) is 18.0 Å². The van der Waals surface area contributed by atoms with E-state index in [1.807, 2.05) is 19.1 Å². The number of carbonyl (C=O) groups excluding carboxylic acids is 1. The van der Waals surface area contributed by atoms with Crippen LogP contribution in [0.15, 0.2) is 36.5 Å². The van der Waals surface area contributed by atoms with Crippen molar-refractivity contribution in [3.63, 3.8) is 0 Å². The van der Waals surface area contributed by atoms with Crippen LogP contribution in [0.5, 0.6) is 0 Å². The van der Waals surface area contributed by atoms with Gasteiger partial charge in [-0.3, -0.25) is 0 Å². The Balaban J connectivity index is 2.17. The predicted molar refractivity (Wildman–Crippen MR) is 68.5 cm³/mol. The van der Waals surface area contributed by atoms with Gasteiger partial charge in [0.1, 0.15) is 0 Å². The van der Waals surface area contributed by atoms with Gasteiger partial charge in [-0.1, -0.05) is 13.0 Å². The number of esters is 1. The highest BCUT2D eigenvalue weighted by molar-refractivity contribution is 5.87. The van der Waals surface area contributed by atoms with Crippen molar-refractivity contribution in [3.05, 3.63) is 42.2 Å². The number of nitrogens with two attached hydrogens (primary N) is 1. The molecule has 0 aliphatic rings. The van der Waals surface area contributed by atoms with Gasteiger partial charge in [0.05, 0.1) is 12.3 Å². The maximum absolute atomic E-state index is 11.6. The quantitative estimate of drug-likeness (QED) is 0.661. The molecule has 5 heteroatoms. The summed E-state index contributed by atoms with van der Waals surface area (Å²) in [6, 6.07) is 8.91. The number of anilines is 1. The number of benzene rings is 1. The fourth-order valence-electron chi connectivity index (χ4n) is 1.51. The normalized spacial score (nSPS) is 10.3. The minimum absolute atomic E-state index is 0.297. The Morgan fingerprint density at radius 1 is 1.44 bits per heavy atom. The van der Waals surface area contributed by atoms with Crippen LogP contribution >= 0.6 is 0 Å². The molecule has 0 fully saturated rings. The lowest BCUT2D eigenvalue weighted by molar-refractivity contribution is 0.0497. The second-order valence-electron chi connectivity index (χ2n) is 3.88. The zero-order valence-electron chi connectivity index (χ0n) is 10.2. The molecule has 5 nitrogen and oxygen atoms in total. The number of aromatic nitrogens is 2.